The third-order valence-corrected chi connectivity index (χ3v) is 10.0. The minimum atomic E-state index is -1.00. The maximum absolute atomic E-state index is 13.2. The van der Waals surface area contributed by atoms with Crippen LogP contribution in [0.5, 0.6) is 17.2 Å². The van der Waals surface area contributed by atoms with Gasteiger partial charge in [-0.3, -0.25) is 38.3 Å². The number of hydrogen-bond acceptors (Lipinski definition) is 11. The van der Waals surface area contributed by atoms with Crippen LogP contribution >= 0.6 is 0 Å². The van der Waals surface area contributed by atoms with E-state index in [1.54, 1.807) is 18.9 Å². The van der Waals surface area contributed by atoms with E-state index in [0.717, 1.165) is 38.6 Å². The molecule has 15 nitrogen and oxygen atoms in total. The molecule has 0 bridgehead atoms. The van der Waals surface area contributed by atoms with Crippen molar-refractivity contribution in [1.82, 2.24) is 30.2 Å². The lowest BCUT2D eigenvalue weighted by atomic mass is 9.92. The zero-order valence-electron chi connectivity index (χ0n) is 31.4. The lowest BCUT2D eigenvalue weighted by molar-refractivity contribution is -0.132. The molecule has 2 aromatic carbocycles. The maximum atomic E-state index is 13.2. The Kier molecular flexibility index (Phi) is 11.5. The van der Waals surface area contributed by atoms with E-state index in [9.17, 15) is 28.8 Å². The quantitative estimate of drug-likeness (QED) is 0.133. The van der Waals surface area contributed by atoms with Gasteiger partial charge in [0.05, 0.1) is 55.4 Å². The first-order valence-electron chi connectivity index (χ1n) is 18.1. The summed E-state index contributed by atoms with van der Waals surface area (Å²) >= 11 is 0. The van der Waals surface area contributed by atoms with Gasteiger partial charge in [0.1, 0.15) is 23.0 Å². The molecule has 6 rings (SSSR count). The third-order valence-electron chi connectivity index (χ3n) is 10.0. The maximum Gasteiger partial charge on any atom is 0.266 e. The number of benzene rings is 2. The summed E-state index contributed by atoms with van der Waals surface area (Å²) in [5.41, 5.74) is 5.52. The van der Waals surface area contributed by atoms with E-state index >= 15 is 0 Å². The number of imide groups is 1. The van der Waals surface area contributed by atoms with Crippen LogP contribution in [0.4, 0.5) is 0 Å². The van der Waals surface area contributed by atoms with Gasteiger partial charge in [0.2, 0.25) is 5.91 Å². The summed E-state index contributed by atoms with van der Waals surface area (Å²) < 4.78 is 19.0. The molecular formula is C40H44N6O9. The van der Waals surface area contributed by atoms with Gasteiger partial charge in [-0.25, -0.2) is 0 Å². The van der Waals surface area contributed by atoms with Crippen LogP contribution in [0.2, 0.25) is 0 Å². The molecule has 3 aromatic rings. The average molecular weight is 753 g/mol. The van der Waals surface area contributed by atoms with Gasteiger partial charge in [0.25, 0.3) is 17.7 Å². The fourth-order valence-electron chi connectivity index (χ4n) is 7.16. The van der Waals surface area contributed by atoms with Crippen molar-refractivity contribution in [2.45, 2.75) is 51.0 Å². The van der Waals surface area contributed by atoms with Crippen LogP contribution in [0.1, 0.15) is 81.6 Å². The zero-order chi connectivity index (χ0) is 39.4. The molecule has 2 aliphatic heterocycles. The molecule has 1 aromatic heterocycles. The van der Waals surface area contributed by atoms with E-state index in [1.807, 2.05) is 43.5 Å². The molecule has 1 aliphatic carbocycles. The van der Waals surface area contributed by atoms with Crippen molar-refractivity contribution >= 4 is 46.5 Å². The van der Waals surface area contributed by atoms with Gasteiger partial charge in [0, 0.05) is 62.9 Å². The van der Waals surface area contributed by atoms with Gasteiger partial charge in [-0.2, -0.15) is 5.10 Å². The number of carbonyl (C=O) groups excluding carboxylic acids is 6. The molecule has 2 N–H and O–H groups in total. The number of rotatable bonds is 15. The predicted molar refractivity (Wildman–Crippen MR) is 200 cm³/mol. The summed E-state index contributed by atoms with van der Waals surface area (Å²) in [4.78, 5) is 78.4. The first-order chi connectivity index (χ1) is 26.4. The number of aromatic nitrogens is 2. The first kappa shape index (κ1) is 38.5. The molecular weight excluding hydrogens is 708 g/mol. The van der Waals surface area contributed by atoms with Crippen molar-refractivity contribution in [1.29, 1.82) is 0 Å². The molecule has 288 valence electrons. The van der Waals surface area contributed by atoms with Crippen molar-refractivity contribution in [3.05, 3.63) is 82.8 Å². The normalized spacial score (nSPS) is 16.5. The lowest BCUT2D eigenvalue weighted by Gasteiger charge is -2.27. The Morgan fingerprint density at radius 2 is 1.64 bits per heavy atom. The van der Waals surface area contributed by atoms with Crippen molar-refractivity contribution in [3.8, 4) is 17.2 Å². The number of nitrogens with zero attached hydrogens (tertiary/aromatic N) is 4. The van der Waals surface area contributed by atoms with Crippen LogP contribution in [0.15, 0.2) is 49.3 Å². The Balaban J connectivity index is 0.938. The number of amides is 4. The van der Waals surface area contributed by atoms with E-state index in [2.05, 4.69) is 22.3 Å². The van der Waals surface area contributed by atoms with Gasteiger partial charge in [-0.1, -0.05) is 12.6 Å². The average Bonchev–Trinajstić information content (AvgIpc) is 3.68. The van der Waals surface area contributed by atoms with E-state index in [4.69, 9.17) is 14.2 Å². The number of fused-ring (bicyclic) bond motifs is 2. The van der Waals surface area contributed by atoms with Crippen molar-refractivity contribution in [2.24, 2.45) is 7.05 Å². The van der Waals surface area contributed by atoms with E-state index in [0.29, 0.717) is 37.3 Å². The summed E-state index contributed by atoms with van der Waals surface area (Å²) in [5.74, 6) is -1.22. The first-order valence-corrected chi connectivity index (χ1v) is 18.1. The second-order valence-electron chi connectivity index (χ2n) is 13.6. The molecule has 4 amide bonds. The van der Waals surface area contributed by atoms with Gasteiger partial charge >= 0.3 is 0 Å². The van der Waals surface area contributed by atoms with E-state index in [-0.39, 0.29) is 60.8 Å². The number of methoxy groups -OCH3 is 2. The van der Waals surface area contributed by atoms with E-state index in [1.165, 1.54) is 18.2 Å². The summed E-state index contributed by atoms with van der Waals surface area (Å²) in [6.07, 6.45) is 5.57. The zero-order valence-corrected chi connectivity index (χ0v) is 31.4. The minimum absolute atomic E-state index is 0.0115. The Labute approximate surface area is 318 Å². The monoisotopic (exact) mass is 752 g/mol. The number of hydrogen-bond donors (Lipinski definition) is 2. The fraction of sp³-hybridized carbons (Fsp3) is 0.375. The Hall–Kier alpha value is -6.25. The highest BCUT2D eigenvalue weighted by atomic mass is 16.5. The van der Waals surface area contributed by atoms with Crippen LogP contribution in [0.25, 0.3) is 11.3 Å². The van der Waals surface area contributed by atoms with Crippen LogP contribution < -0.4 is 24.8 Å². The highest BCUT2D eigenvalue weighted by molar-refractivity contribution is 6.24. The minimum Gasteiger partial charge on any atom is -0.496 e. The van der Waals surface area contributed by atoms with Gasteiger partial charge in [-0.05, 0) is 55.5 Å². The summed E-state index contributed by atoms with van der Waals surface area (Å²) in [5, 5.41) is 10.0. The molecule has 1 fully saturated rings. The third kappa shape index (κ3) is 7.86. The molecule has 0 saturated heterocycles. The molecule has 3 heterocycles. The smallest absolute Gasteiger partial charge is 0.266 e. The number of ketones is 2. The van der Waals surface area contributed by atoms with Crippen LogP contribution in [-0.4, -0.2) is 102 Å². The molecule has 1 unspecified atom stereocenters. The molecule has 3 aliphatic rings. The van der Waals surface area contributed by atoms with Crippen molar-refractivity contribution < 1.29 is 43.0 Å². The highest BCUT2D eigenvalue weighted by Crippen LogP contribution is 2.41. The highest BCUT2D eigenvalue weighted by Gasteiger charge is 2.45. The molecule has 0 spiro atoms. The summed E-state index contributed by atoms with van der Waals surface area (Å²) in [7, 11) is 7.04. The fourth-order valence-corrected chi connectivity index (χ4v) is 7.16. The predicted octanol–water partition coefficient (Wildman–Crippen LogP) is 3.05. The SMILES string of the molecule is C=C1c2c(cnn2C)C(c2cc(OC)c(CCCC(=O)NCCCNC(=O)COc3cccc4c3C(=O)N(C3CCC(=O)CC3=O)C4=O)c(OC)c2)=CN1C. The van der Waals surface area contributed by atoms with Crippen LogP contribution in [0, 0.1) is 0 Å². The van der Waals surface area contributed by atoms with Crippen molar-refractivity contribution in [3.63, 3.8) is 0 Å². The molecule has 0 radical (unpaired) electrons. The Morgan fingerprint density at radius 3 is 2.33 bits per heavy atom. The van der Waals surface area contributed by atoms with E-state index < -0.39 is 36.2 Å². The summed E-state index contributed by atoms with van der Waals surface area (Å²) in [6, 6.07) is 7.40. The Bertz CT molecular complexity index is 2090. The molecule has 1 saturated carbocycles. The number of Topliss-reactive ketones (excluding diaryl/α,β-unsaturated/α-hetero) is 2. The van der Waals surface area contributed by atoms with Gasteiger partial charge in [0.15, 0.2) is 12.4 Å². The number of aryl methyl sites for hydroxylation is 1. The second kappa shape index (κ2) is 16.4. The van der Waals surface area contributed by atoms with Gasteiger partial charge < -0.3 is 29.7 Å². The van der Waals surface area contributed by atoms with Crippen LogP contribution in [0.3, 0.4) is 0 Å². The molecule has 55 heavy (non-hydrogen) atoms. The molecule has 1 atom stereocenters. The molecule has 15 heteroatoms. The summed E-state index contributed by atoms with van der Waals surface area (Å²) in [6.45, 7) is 4.39. The standard InChI is InChI=1S/C40H44N6O9/c1-23-38-28(20-43-45(38)3)29(21-44(23)2)24-17-33(53-4)26(34(18-24)54-5)9-7-12-35(49)41-15-8-16-42-36(50)22-55-32-11-6-10-27-37(32)40(52)46(39(27)51)30-14-13-25(47)19-31(30)48/h6,10-11,17-18,20-21,30H,1,7-9,12-16,19,22H2,2-5H3,(H,41,49)(H,42,50). The number of carbonyl (C=O) groups is 6. The Morgan fingerprint density at radius 1 is 0.927 bits per heavy atom. The largest absolute Gasteiger partial charge is 0.496 e. The van der Waals surface area contributed by atoms with Gasteiger partial charge in [-0.15, -0.1) is 0 Å². The van der Waals surface area contributed by atoms with Crippen LogP contribution in [-0.2, 0) is 32.6 Å². The number of ether oxygens (including phenoxy) is 3. The second-order valence-corrected chi connectivity index (χ2v) is 13.6. The lowest BCUT2D eigenvalue weighted by Crippen LogP contribution is -2.47. The number of nitrogens with one attached hydrogen (secondary N) is 2. The topological polar surface area (TPSA) is 178 Å². The van der Waals surface area contributed by atoms with Crippen molar-refractivity contribution in [2.75, 3.05) is 41.0 Å².